The number of benzene rings is 1. The van der Waals surface area contributed by atoms with Gasteiger partial charge >= 0.3 is 0 Å². The van der Waals surface area contributed by atoms with Crippen LogP contribution in [0.15, 0.2) is 42.6 Å². The van der Waals surface area contributed by atoms with Crippen molar-refractivity contribution in [2.75, 3.05) is 0 Å². The predicted molar refractivity (Wildman–Crippen MR) is 70.8 cm³/mol. The van der Waals surface area contributed by atoms with Gasteiger partial charge in [-0.3, -0.25) is 4.98 Å². The Balaban J connectivity index is 2.30. The summed E-state index contributed by atoms with van der Waals surface area (Å²) in [7, 11) is 0. The number of nitrogens with zero attached hydrogens (tertiary/aromatic N) is 1. The van der Waals surface area contributed by atoms with E-state index in [1.54, 1.807) is 6.20 Å². The van der Waals surface area contributed by atoms with Crippen LogP contribution in [0.5, 0.6) is 0 Å². The van der Waals surface area contributed by atoms with Crippen LogP contribution >= 0.6 is 0 Å². The lowest BCUT2D eigenvalue weighted by molar-refractivity contribution is 0.847. The molecule has 0 aliphatic rings. The fourth-order valence-corrected chi connectivity index (χ4v) is 1.97. The summed E-state index contributed by atoms with van der Waals surface area (Å²) in [5, 5.41) is 0. The largest absolute Gasteiger partial charge is 0.320 e. The molecule has 1 aromatic heterocycles. The molecule has 0 saturated heterocycles. The van der Waals surface area contributed by atoms with E-state index in [-0.39, 0.29) is 6.04 Å². The maximum atomic E-state index is 6.27. The van der Waals surface area contributed by atoms with Crippen LogP contribution in [-0.2, 0) is 6.42 Å². The molecule has 1 aromatic carbocycles. The minimum atomic E-state index is -0.0883. The van der Waals surface area contributed by atoms with Crippen molar-refractivity contribution >= 4 is 0 Å². The second-order valence-electron chi connectivity index (χ2n) is 4.25. The maximum absolute atomic E-state index is 6.27. The van der Waals surface area contributed by atoms with Crippen molar-refractivity contribution in [2.45, 2.75) is 26.3 Å². The number of nitrogens with two attached hydrogens (primary N) is 1. The van der Waals surface area contributed by atoms with Crippen LogP contribution in [0.1, 0.15) is 35.3 Å². The molecule has 0 bridgehead atoms. The highest BCUT2D eigenvalue weighted by Crippen LogP contribution is 2.21. The van der Waals surface area contributed by atoms with Gasteiger partial charge in [-0.1, -0.05) is 37.3 Å². The van der Waals surface area contributed by atoms with Gasteiger partial charge in [-0.25, -0.2) is 0 Å². The molecule has 1 atom stereocenters. The summed E-state index contributed by atoms with van der Waals surface area (Å²) < 4.78 is 0. The fourth-order valence-electron chi connectivity index (χ4n) is 1.97. The van der Waals surface area contributed by atoms with Crippen molar-refractivity contribution in [2.24, 2.45) is 5.73 Å². The van der Waals surface area contributed by atoms with Gasteiger partial charge < -0.3 is 5.73 Å². The van der Waals surface area contributed by atoms with Gasteiger partial charge in [0.15, 0.2) is 0 Å². The van der Waals surface area contributed by atoms with Gasteiger partial charge in [0.1, 0.15) is 0 Å². The first-order valence-electron chi connectivity index (χ1n) is 5.98. The Hall–Kier alpha value is -1.67. The first kappa shape index (κ1) is 11.8. The molecule has 1 unspecified atom stereocenters. The lowest BCUT2D eigenvalue weighted by atomic mass is 9.97. The van der Waals surface area contributed by atoms with Crippen LogP contribution in [0, 0.1) is 6.92 Å². The lowest BCUT2D eigenvalue weighted by Crippen LogP contribution is -2.13. The minimum absolute atomic E-state index is 0.0883. The first-order valence-corrected chi connectivity index (χ1v) is 5.98. The maximum Gasteiger partial charge on any atom is 0.0569 e. The molecule has 2 nitrogen and oxygen atoms in total. The van der Waals surface area contributed by atoms with Crippen molar-refractivity contribution in [1.29, 1.82) is 0 Å². The van der Waals surface area contributed by atoms with E-state index in [2.05, 4.69) is 36.2 Å². The molecule has 17 heavy (non-hydrogen) atoms. The number of aryl methyl sites for hydroxylation is 2. The van der Waals surface area contributed by atoms with Gasteiger partial charge in [0.25, 0.3) is 0 Å². The van der Waals surface area contributed by atoms with E-state index in [0.29, 0.717) is 0 Å². The second kappa shape index (κ2) is 5.11. The molecule has 0 aliphatic carbocycles. The monoisotopic (exact) mass is 226 g/mol. The van der Waals surface area contributed by atoms with Crippen LogP contribution in [0.25, 0.3) is 0 Å². The van der Waals surface area contributed by atoms with Crippen LogP contribution < -0.4 is 5.73 Å². The molecule has 0 aliphatic heterocycles. The second-order valence-corrected chi connectivity index (χ2v) is 4.25. The molecule has 2 N–H and O–H groups in total. The fraction of sp³-hybridized carbons (Fsp3) is 0.267. The average molecular weight is 226 g/mol. The van der Waals surface area contributed by atoms with Crippen LogP contribution in [0.2, 0.25) is 0 Å². The van der Waals surface area contributed by atoms with Crippen molar-refractivity contribution in [3.05, 3.63) is 65.0 Å². The Morgan fingerprint density at radius 1 is 1.18 bits per heavy atom. The molecule has 88 valence electrons. The molecular weight excluding hydrogens is 208 g/mol. The molecular formula is C15H18N2. The summed E-state index contributed by atoms with van der Waals surface area (Å²) in [6.07, 6.45) is 2.85. The lowest BCUT2D eigenvalue weighted by Gasteiger charge is -2.14. The van der Waals surface area contributed by atoms with E-state index >= 15 is 0 Å². The number of aromatic nitrogens is 1. The molecule has 0 amide bonds. The van der Waals surface area contributed by atoms with Gasteiger partial charge in [-0.2, -0.15) is 0 Å². The number of hydrogen-bond acceptors (Lipinski definition) is 2. The van der Waals surface area contributed by atoms with E-state index in [0.717, 1.165) is 23.2 Å². The predicted octanol–water partition coefficient (Wildman–Crippen LogP) is 3.00. The molecule has 1 heterocycles. The van der Waals surface area contributed by atoms with Gasteiger partial charge in [0, 0.05) is 11.9 Å². The van der Waals surface area contributed by atoms with Crippen molar-refractivity contribution in [1.82, 2.24) is 4.98 Å². The van der Waals surface area contributed by atoms with Crippen LogP contribution in [0.4, 0.5) is 0 Å². The summed E-state index contributed by atoms with van der Waals surface area (Å²) in [5.41, 5.74) is 10.8. The van der Waals surface area contributed by atoms with Gasteiger partial charge in [0.05, 0.1) is 6.04 Å². The quantitative estimate of drug-likeness (QED) is 0.873. The zero-order chi connectivity index (χ0) is 12.3. The Labute approximate surface area is 103 Å². The normalized spacial score (nSPS) is 12.4. The van der Waals surface area contributed by atoms with Gasteiger partial charge in [0.2, 0.25) is 0 Å². The van der Waals surface area contributed by atoms with Gasteiger partial charge in [-0.15, -0.1) is 0 Å². The molecule has 0 saturated carbocycles. The highest BCUT2D eigenvalue weighted by Gasteiger charge is 2.11. The van der Waals surface area contributed by atoms with E-state index < -0.39 is 0 Å². The van der Waals surface area contributed by atoms with Crippen molar-refractivity contribution in [3.63, 3.8) is 0 Å². The number of hydrogen-bond donors (Lipinski definition) is 1. The Bertz CT molecular complexity index is 489. The smallest absolute Gasteiger partial charge is 0.0569 e. The summed E-state index contributed by atoms with van der Waals surface area (Å²) >= 11 is 0. The summed E-state index contributed by atoms with van der Waals surface area (Å²) in [5.74, 6) is 0. The summed E-state index contributed by atoms with van der Waals surface area (Å²) in [6, 6.07) is 12.4. The Morgan fingerprint density at radius 2 is 1.88 bits per heavy atom. The zero-order valence-electron chi connectivity index (χ0n) is 10.4. The highest BCUT2D eigenvalue weighted by atomic mass is 14.7. The third-order valence-corrected chi connectivity index (χ3v) is 3.13. The van der Waals surface area contributed by atoms with E-state index in [4.69, 9.17) is 5.73 Å². The average Bonchev–Trinajstić information content (AvgIpc) is 2.39. The molecule has 2 heteroatoms. The SMILES string of the molecule is CCc1ccc(C(N)c2cccnc2C)cc1. The van der Waals surface area contributed by atoms with E-state index in [1.165, 1.54) is 5.56 Å². The Morgan fingerprint density at radius 3 is 2.47 bits per heavy atom. The van der Waals surface area contributed by atoms with Crippen molar-refractivity contribution in [3.8, 4) is 0 Å². The Kier molecular flexibility index (Phi) is 3.55. The number of rotatable bonds is 3. The topological polar surface area (TPSA) is 38.9 Å². The van der Waals surface area contributed by atoms with Crippen LogP contribution in [-0.4, -0.2) is 4.98 Å². The molecule has 2 rings (SSSR count). The van der Waals surface area contributed by atoms with Gasteiger partial charge in [-0.05, 0) is 36.1 Å². The van der Waals surface area contributed by atoms with Crippen molar-refractivity contribution < 1.29 is 0 Å². The molecule has 0 fully saturated rings. The zero-order valence-corrected chi connectivity index (χ0v) is 10.4. The summed E-state index contributed by atoms with van der Waals surface area (Å²) in [4.78, 5) is 4.28. The van der Waals surface area contributed by atoms with Crippen LogP contribution in [0.3, 0.4) is 0 Å². The third kappa shape index (κ3) is 2.53. The first-order chi connectivity index (χ1) is 8.22. The third-order valence-electron chi connectivity index (χ3n) is 3.13. The van der Waals surface area contributed by atoms with E-state index in [1.807, 2.05) is 19.1 Å². The summed E-state index contributed by atoms with van der Waals surface area (Å²) in [6.45, 7) is 4.15. The minimum Gasteiger partial charge on any atom is -0.320 e. The van der Waals surface area contributed by atoms with E-state index in [9.17, 15) is 0 Å². The number of pyridine rings is 1. The molecule has 0 radical (unpaired) electrons. The molecule has 2 aromatic rings. The standard InChI is InChI=1S/C15H18N2/c1-3-12-6-8-13(9-7-12)15(16)14-5-4-10-17-11(14)2/h4-10,15H,3,16H2,1-2H3. The molecule has 0 spiro atoms. The highest BCUT2D eigenvalue weighted by molar-refractivity contribution is 5.34.